The van der Waals surface area contributed by atoms with Gasteiger partial charge in [0.2, 0.25) is 0 Å². The highest BCUT2D eigenvalue weighted by atomic mass is 79.9. The van der Waals surface area contributed by atoms with Crippen LogP contribution >= 0.6 is 15.9 Å². The van der Waals surface area contributed by atoms with Crippen molar-refractivity contribution < 1.29 is 9.72 Å². The fourth-order valence-electron chi connectivity index (χ4n) is 1.46. The highest BCUT2D eigenvalue weighted by Gasteiger charge is 2.18. The maximum absolute atomic E-state index is 12.1. The third kappa shape index (κ3) is 4.29. The zero-order valence-corrected chi connectivity index (χ0v) is 12.7. The van der Waals surface area contributed by atoms with Gasteiger partial charge in [-0.05, 0) is 42.2 Å². The molecule has 0 spiro atoms. The average Bonchev–Trinajstić information content (AvgIpc) is 2.35. The van der Waals surface area contributed by atoms with Gasteiger partial charge in [-0.25, -0.2) is 0 Å². The summed E-state index contributed by atoms with van der Waals surface area (Å²) in [6, 6.07) is 4.38. The summed E-state index contributed by atoms with van der Waals surface area (Å²) in [6.07, 6.45) is 0. The van der Waals surface area contributed by atoms with Gasteiger partial charge in [0.1, 0.15) is 0 Å². The highest BCUT2D eigenvalue weighted by molar-refractivity contribution is 9.10. The number of halogens is 1. The molecule has 0 heterocycles. The number of nitro benzene ring substituents is 1. The van der Waals surface area contributed by atoms with Gasteiger partial charge in [-0.15, -0.1) is 0 Å². The van der Waals surface area contributed by atoms with Gasteiger partial charge < -0.3 is 9.80 Å². The zero-order valence-electron chi connectivity index (χ0n) is 11.1. The molecule has 1 amide bonds. The number of nitro groups is 1. The van der Waals surface area contributed by atoms with Crippen molar-refractivity contribution in [2.75, 3.05) is 34.2 Å². The molecule has 0 fully saturated rings. The number of benzene rings is 1. The summed E-state index contributed by atoms with van der Waals surface area (Å²) >= 11 is 3.09. The van der Waals surface area contributed by atoms with Crippen LogP contribution in [0.15, 0.2) is 22.7 Å². The van der Waals surface area contributed by atoms with E-state index in [2.05, 4.69) is 15.9 Å². The fourth-order valence-corrected chi connectivity index (χ4v) is 1.85. The SMILES string of the molecule is CN(C)CCN(C)C(=O)c1ccc(Br)c([N+](=O)[O-])c1. The van der Waals surface area contributed by atoms with E-state index in [0.717, 1.165) is 6.54 Å². The van der Waals surface area contributed by atoms with E-state index < -0.39 is 4.92 Å². The quantitative estimate of drug-likeness (QED) is 0.612. The first-order chi connectivity index (χ1) is 8.82. The molecule has 0 saturated heterocycles. The Morgan fingerprint density at radius 1 is 1.32 bits per heavy atom. The summed E-state index contributed by atoms with van der Waals surface area (Å²) < 4.78 is 0.366. The van der Waals surface area contributed by atoms with Gasteiger partial charge in [0, 0.05) is 31.8 Å². The lowest BCUT2D eigenvalue weighted by Crippen LogP contribution is -2.33. The number of rotatable bonds is 5. The predicted octanol–water partition coefficient (Wildman–Crippen LogP) is 1.99. The third-order valence-corrected chi connectivity index (χ3v) is 3.29. The molecule has 6 nitrogen and oxygen atoms in total. The zero-order chi connectivity index (χ0) is 14.6. The van der Waals surface area contributed by atoms with E-state index in [9.17, 15) is 14.9 Å². The molecule has 1 aromatic rings. The summed E-state index contributed by atoms with van der Waals surface area (Å²) in [5.41, 5.74) is 0.211. The Kier molecular flexibility index (Phi) is 5.44. The molecule has 0 unspecified atom stereocenters. The van der Waals surface area contributed by atoms with Gasteiger partial charge in [-0.2, -0.15) is 0 Å². The molecule has 0 radical (unpaired) electrons. The van der Waals surface area contributed by atoms with Crippen molar-refractivity contribution >= 4 is 27.5 Å². The lowest BCUT2D eigenvalue weighted by atomic mass is 10.2. The van der Waals surface area contributed by atoms with Gasteiger partial charge in [-0.1, -0.05) is 0 Å². The summed E-state index contributed by atoms with van der Waals surface area (Å²) in [4.78, 5) is 25.9. The van der Waals surface area contributed by atoms with Crippen LogP contribution in [0, 0.1) is 10.1 Å². The molecule has 7 heteroatoms. The number of nitrogens with zero attached hydrogens (tertiary/aromatic N) is 3. The van der Waals surface area contributed by atoms with Crippen LogP contribution in [0.1, 0.15) is 10.4 Å². The normalized spacial score (nSPS) is 10.6. The average molecular weight is 330 g/mol. The van der Waals surface area contributed by atoms with Crippen molar-refractivity contribution in [2.45, 2.75) is 0 Å². The van der Waals surface area contributed by atoms with Crippen LogP contribution in [0.4, 0.5) is 5.69 Å². The monoisotopic (exact) mass is 329 g/mol. The van der Waals surface area contributed by atoms with E-state index in [0.29, 0.717) is 16.6 Å². The molecule has 0 bridgehead atoms. The summed E-state index contributed by atoms with van der Waals surface area (Å²) in [5, 5.41) is 10.8. The van der Waals surface area contributed by atoms with Gasteiger partial charge in [0.25, 0.3) is 11.6 Å². The van der Waals surface area contributed by atoms with Crippen molar-refractivity contribution in [2.24, 2.45) is 0 Å². The van der Waals surface area contributed by atoms with Crippen molar-refractivity contribution in [1.29, 1.82) is 0 Å². The molecule has 104 valence electrons. The predicted molar refractivity (Wildman–Crippen MR) is 76.3 cm³/mol. The summed E-state index contributed by atoms with van der Waals surface area (Å²) in [5.74, 6) is -0.225. The molecule has 0 aromatic heterocycles. The second-order valence-electron chi connectivity index (χ2n) is 4.45. The first-order valence-electron chi connectivity index (χ1n) is 5.67. The van der Waals surface area contributed by atoms with E-state index in [1.165, 1.54) is 12.1 Å². The molecule has 0 aliphatic rings. The van der Waals surface area contributed by atoms with Crippen molar-refractivity contribution in [1.82, 2.24) is 9.80 Å². The number of carbonyl (C=O) groups is 1. The number of hydrogen-bond acceptors (Lipinski definition) is 4. The topological polar surface area (TPSA) is 66.7 Å². The number of hydrogen-bond donors (Lipinski definition) is 0. The minimum atomic E-state index is -0.513. The molecule has 1 rings (SSSR count). The van der Waals surface area contributed by atoms with Crippen LogP contribution in [0.5, 0.6) is 0 Å². The first kappa shape index (κ1) is 15.6. The standard InChI is InChI=1S/C12H16BrN3O3/c1-14(2)6-7-15(3)12(17)9-4-5-10(13)11(8-9)16(18)19/h4-5,8H,6-7H2,1-3H3. The van der Waals surface area contributed by atoms with E-state index in [1.54, 1.807) is 18.0 Å². The van der Waals surface area contributed by atoms with Gasteiger partial charge >= 0.3 is 0 Å². The summed E-state index contributed by atoms with van der Waals surface area (Å²) in [7, 11) is 5.52. The van der Waals surface area contributed by atoms with Gasteiger partial charge in [-0.3, -0.25) is 14.9 Å². The Morgan fingerprint density at radius 2 is 1.95 bits per heavy atom. The Balaban J connectivity index is 2.88. The number of carbonyl (C=O) groups excluding carboxylic acids is 1. The number of likely N-dealkylation sites (N-methyl/N-ethyl adjacent to an activating group) is 2. The Hall–Kier alpha value is -1.47. The van der Waals surface area contributed by atoms with Crippen molar-refractivity contribution in [3.05, 3.63) is 38.3 Å². The molecule has 0 N–H and O–H groups in total. The van der Waals surface area contributed by atoms with E-state index in [1.807, 2.05) is 19.0 Å². The highest BCUT2D eigenvalue weighted by Crippen LogP contribution is 2.26. The minimum absolute atomic E-state index is 0.105. The first-order valence-corrected chi connectivity index (χ1v) is 6.46. The molecule has 0 atom stereocenters. The van der Waals surface area contributed by atoms with Gasteiger partial charge in [0.05, 0.1) is 9.40 Å². The molecular formula is C12H16BrN3O3. The summed E-state index contributed by atoms with van der Waals surface area (Å²) in [6.45, 7) is 1.30. The van der Waals surface area contributed by atoms with Gasteiger partial charge in [0.15, 0.2) is 0 Å². The second-order valence-corrected chi connectivity index (χ2v) is 5.31. The van der Waals surface area contributed by atoms with E-state index >= 15 is 0 Å². The lowest BCUT2D eigenvalue weighted by Gasteiger charge is -2.19. The van der Waals surface area contributed by atoms with Crippen molar-refractivity contribution in [3.8, 4) is 0 Å². The van der Waals surface area contributed by atoms with E-state index in [4.69, 9.17) is 0 Å². The van der Waals surface area contributed by atoms with Crippen LogP contribution in [-0.2, 0) is 0 Å². The molecule has 0 saturated carbocycles. The maximum atomic E-state index is 12.1. The lowest BCUT2D eigenvalue weighted by molar-refractivity contribution is -0.385. The Labute approximate surface area is 120 Å². The van der Waals surface area contributed by atoms with Crippen LogP contribution < -0.4 is 0 Å². The third-order valence-electron chi connectivity index (χ3n) is 2.62. The molecule has 0 aliphatic carbocycles. The smallest absolute Gasteiger partial charge is 0.284 e. The van der Waals surface area contributed by atoms with E-state index in [-0.39, 0.29) is 11.6 Å². The molecular weight excluding hydrogens is 314 g/mol. The second kappa shape index (κ2) is 6.63. The Morgan fingerprint density at radius 3 is 2.47 bits per heavy atom. The maximum Gasteiger partial charge on any atom is 0.284 e. The fraction of sp³-hybridized carbons (Fsp3) is 0.417. The number of amides is 1. The van der Waals surface area contributed by atoms with Crippen molar-refractivity contribution in [3.63, 3.8) is 0 Å². The largest absolute Gasteiger partial charge is 0.340 e. The van der Waals surface area contributed by atoms with Crippen LogP contribution in [0.3, 0.4) is 0 Å². The van der Waals surface area contributed by atoms with Crippen LogP contribution in [0.25, 0.3) is 0 Å². The molecule has 1 aromatic carbocycles. The molecule has 0 aliphatic heterocycles. The molecule has 19 heavy (non-hydrogen) atoms. The van der Waals surface area contributed by atoms with Crippen LogP contribution in [0.2, 0.25) is 0 Å². The minimum Gasteiger partial charge on any atom is -0.340 e. The Bertz CT molecular complexity index is 491. The van der Waals surface area contributed by atoms with Crippen LogP contribution in [-0.4, -0.2) is 54.9 Å².